The molecule has 4 rings (SSSR count). The van der Waals surface area contributed by atoms with Gasteiger partial charge in [-0.2, -0.15) is 0 Å². The third kappa shape index (κ3) is 3.84. The fourth-order valence-corrected chi connectivity index (χ4v) is 3.00. The van der Waals surface area contributed by atoms with Gasteiger partial charge in [0.05, 0.1) is 5.52 Å². The lowest BCUT2D eigenvalue weighted by Crippen LogP contribution is -2.16. The van der Waals surface area contributed by atoms with Gasteiger partial charge in [0.25, 0.3) is 11.8 Å². The molecule has 0 aliphatic carbocycles. The van der Waals surface area contributed by atoms with E-state index in [9.17, 15) is 14.0 Å². The van der Waals surface area contributed by atoms with E-state index in [0.717, 1.165) is 5.56 Å². The summed E-state index contributed by atoms with van der Waals surface area (Å²) in [6.07, 6.45) is 1.67. The SMILES string of the molecule is Cc1cccc(NC(=O)c2nc(C(=O)Nc3ccc(F)cc3)c3ccccn23)c1. The average Bonchev–Trinajstić information content (AvgIpc) is 3.10. The summed E-state index contributed by atoms with van der Waals surface area (Å²) in [7, 11) is 0. The Hall–Kier alpha value is -4.00. The number of nitrogens with one attached hydrogen (secondary N) is 2. The number of carbonyl (C=O) groups excluding carboxylic acids is 2. The quantitative estimate of drug-likeness (QED) is 0.548. The lowest BCUT2D eigenvalue weighted by molar-refractivity contribution is 0.101. The highest BCUT2D eigenvalue weighted by molar-refractivity contribution is 6.10. The van der Waals surface area contributed by atoms with Crippen LogP contribution in [0.15, 0.2) is 72.9 Å². The molecule has 2 amide bonds. The monoisotopic (exact) mass is 388 g/mol. The van der Waals surface area contributed by atoms with E-state index in [0.29, 0.717) is 16.9 Å². The summed E-state index contributed by atoms with van der Waals surface area (Å²) in [5, 5.41) is 5.48. The van der Waals surface area contributed by atoms with Crippen molar-refractivity contribution >= 4 is 28.7 Å². The van der Waals surface area contributed by atoms with E-state index in [2.05, 4.69) is 15.6 Å². The first-order valence-corrected chi connectivity index (χ1v) is 8.93. The van der Waals surface area contributed by atoms with Crippen LogP contribution in [-0.2, 0) is 0 Å². The van der Waals surface area contributed by atoms with Gasteiger partial charge in [-0.3, -0.25) is 14.0 Å². The number of anilines is 2. The van der Waals surface area contributed by atoms with Crippen LogP contribution in [0.4, 0.5) is 15.8 Å². The molecular formula is C22H17FN4O2. The first kappa shape index (κ1) is 18.4. The Kier molecular flexibility index (Phi) is 4.78. The van der Waals surface area contributed by atoms with Crippen molar-refractivity contribution in [2.45, 2.75) is 6.92 Å². The standard InChI is InChI=1S/C22H17FN4O2/c1-14-5-4-6-17(13-14)25-22(29)20-26-19(18-7-2-3-12-27(18)20)21(28)24-16-10-8-15(23)9-11-16/h2-13H,1H3,(H,24,28)(H,25,29). The zero-order chi connectivity index (χ0) is 20.4. The number of benzene rings is 2. The molecule has 7 heteroatoms. The van der Waals surface area contributed by atoms with E-state index in [1.165, 1.54) is 24.3 Å². The molecule has 29 heavy (non-hydrogen) atoms. The zero-order valence-electron chi connectivity index (χ0n) is 15.5. The average molecular weight is 388 g/mol. The van der Waals surface area contributed by atoms with Crippen LogP contribution >= 0.6 is 0 Å². The van der Waals surface area contributed by atoms with Gasteiger partial charge in [-0.25, -0.2) is 9.37 Å². The predicted octanol–water partition coefficient (Wildman–Crippen LogP) is 4.29. The van der Waals surface area contributed by atoms with Crippen molar-refractivity contribution < 1.29 is 14.0 Å². The van der Waals surface area contributed by atoms with Crippen molar-refractivity contribution in [3.63, 3.8) is 0 Å². The molecule has 0 radical (unpaired) electrons. The molecule has 144 valence electrons. The molecular weight excluding hydrogens is 371 g/mol. The third-order valence-electron chi connectivity index (χ3n) is 4.34. The molecule has 0 spiro atoms. The molecule has 0 atom stereocenters. The number of aromatic nitrogens is 2. The van der Waals surface area contributed by atoms with E-state index in [-0.39, 0.29) is 11.5 Å². The number of halogens is 1. The largest absolute Gasteiger partial charge is 0.321 e. The summed E-state index contributed by atoms with van der Waals surface area (Å²) in [5.41, 5.74) is 2.67. The van der Waals surface area contributed by atoms with Gasteiger partial charge in [-0.05, 0) is 61.0 Å². The molecule has 6 nitrogen and oxygen atoms in total. The minimum absolute atomic E-state index is 0.0892. The van der Waals surface area contributed by atoms with E-state index >= 15 is 0 Å². The number of amides is 2. The van der Waals surface area contributed by atoms with Gasteiger partial charge in [-0.1, -0.05) is 18.2 Å². The lowest BCUT2D eigenvalue weighted by Gasteiger charge is -2.05. The van der Waals surface area contributed by atoms with Crippen LogP contribution in [0, 0.1) is 12.7 Å². The number of nitrogens with zero attached hydrogens (tertiary/aromatic N) is 2. The highest BCUT2D eigenvalue weighted by atomic mass is 19.1. The maximum atomic E-state index is 13.1. The Balaban J connectivity index is 1.66. The second kappa shape index (κ2) is 7.55. The molecule has 0 fully saturated rings. The smallest absolute Gasteiger partial charge is 0.292 e. The normalized spacial score (nSPS) is 10.7. The summed E-state index contributed by atoms with van der Waals surface area (Å²) in [6.45, 7) is 1.93. The highest BCUT2D eigenvalue weighted by Crippen LogP contribution is 2.18. The predicted molar refractivity (Wildman–Crippen MR) is 109 cm³/mol. The molecule has 0 saturated heterocycles. The molecule has 0 unspecified atom stereocenters. The van der Waals surface area contributed by atoms with Gasteiger partial charge in [0.15, 0.2) is 5.69 Å². The van der Waals surface area contributed by atoms with Crippen molar-refractivity contribution in [1.82, 2.24) is 9.38 Å². The first-order valence-electron chi connectivity index (χ1n) is 8.93. The highest BCUT2D eigenvalue weighted by Gasteiger charge is 2.21. The minimum atomic E-state index is -0.491. The van der Waals surface area contributed by atoms with Crippen molar-refractivity contribution in [2.24, 2.45) is 0 Å². The molecule has 0 aliphatic rings. The molecule has 2 aromatic heterocycles. The van der Waals surface area contributed by atoms with E-state index in [1.54, 1.807) is 34.9 Å². The van der Waals surface area contributed by atoms with E-state index in [4.69, 9.17) is 0 Å². The fraction of sp³-hybridized carbons (Fsp3) is 0.0455. The lowest BCUT2D eigenvalue weighted by atomic mass is 10.2. The van der Waals surface area contributed by atoms with E-state index < -0.39 is 17.6 Å². The zero-order valence-corrected chi connectivity index (χ0v) is 15.5. The van der Waals surface area contributed by atoms with Gasteiger partial charge in [-0.15, -0.1) is 0 Å². The number of carbonyl (C=O) groups is 2. The second-order valence-electron chi connectivity index (χ2n) is 6.52. The van der Waals surface area contributed by atoms with Crippen LogP contribution < -0.4 is 10.6 Å². The van der Waals surface area contributed by atoms with Crippen LogP contribution in [0.2, 0.25) is 0 Å². The number of hydrogen-bond acceptors (Lipinski definition) is 3. The number of pyridine rings is 1. The minimum Gasteiger partial charge on any atom is -0.321 e. The van der Waals surface area contributed by atoms with Gasteiger partial charge in [0.1, 0.15) is 5.82 Å². The molecule has 2 aromatic carbocycles. The molecule has 4 aromatic rings. The Bertz CT molecular complexity index is 1220. The Morgan fingerprint density at radius 3 is 2.41 bits per heavy atom. The number of imidazole rings is 1. The van der Waals surface area contributed by atoms with Crippen LogP contribution in [0.25, 0.3) is 5.52 Å². The van der Waals surface area contributed by atoms with Crippen molar-refractivity contribution in [1.29, 1.82) is 0 Å². The fourth-order valence-electron chi connectivity index (χ4n) is 3.00. The van der Waals surface area contributed by atoms with Gasteiger partial charge in [0.2, 0.25) is 5.82 Å². The summed E-state index contributed by atoms with van der Waals surface area (Å²) in [4.78, 5) is 29.8. The van der Waals surface area contributed by atoms with Crippen LogP contribution in [0.1, 0.15) is 26.7 Å². The Morgan fingerprint density at radius 2 is 1.66 bits per heavy atom. The molecule has 0 aliphatic heterocycles. The van der Waals surface area contributed by atoms with Crippen molar-refractivity contribution in [3.05, 3.63) is 95.8 Å². The number of hydrogen-bond donors (Lipinski definition) is 2. The topological polar surface area (TPSA) is 75.5 Å². The maximum absolute atomic E-state index is 13.1. The van der Waals surface area contributed by atoms with Crippen LogP contribution in [0.3, 0.4) is 0 Å². The van der Waals surface area contributed by atoms with Gasteiger partial charge >= 0.3 is 0 Å². The second-order valence-corrected chi connectivity index (χ2v) is 6.52. The summed E-state index contributed by atoms with van der Waals surface area (Å²) < 4.78 is 14.6. The molecule has 0 bridgehead atoms. The summed E-state index contributed by atoms with van der Waals surface area (Å²) >= 11 is 0. The summed E-state index contributed by atoms with van der Waals surface area (Å²) in [6, 6.07) is 18.0. The van der Waals surface area contributed by atoms with Gasteiger partial charge < -0.3 is 10.6 Å². The first-order chi connectivity index (χ1) is 14.0. The number of rotatable bonds is 4. The van der Waals surface area contributed by atoms with Crippen molar-refractivity contribution in [2.75, 3.05) is 10.6 Å². The number of fused-ring (bicyclic) bond motifs is 1. The van der Waals surface area contributed by atoms with Crippen LogP contribution in [0.5, 0.6) is 0 Å². The van der Waals surface area contributed by atoms with Gasteiger partial charge in [0, 0.05) is 17.6 Å². The van der Waals surface area contributed by atoms with E-state index in [1.807, 2.05) is 25.1 Å². The number of aryl methyl sites for hydroxylation is 1. The molecule has 2 N–H and O–H groups in total. The summed E-state index contributed by atoms with van der Waals surface area (Å²) in [5.74, 6) is -1.23. The molecule has 2 heterocycles. The molecule has 0 saturated carbocycles. The Morgan fingerprint density at radius 1 is 0.897 bits per heavy atom. The maximum Gasteiger partial charge on any atom is 0.292 e. The third-order valence-corrected chi connectivity index (χ3v) is 4.34. The van der Waals surface area contributed by atoms with Crippen LogP contribution in [-0.4, -0.2) is 21.2 Å². The van der Waals surface area contributed by atoms with Crippen molar-refractivity contribution in [3.8, 4) is 0 Å². The Labute approximate surface area is 166 Å².